The Morgan fingerprint density at radius 1 is 1.29 bits per heavy atom. The number of hydrogen-bond acceptors (Lipinski definition) is 4. The Morgan fingerprint density at radius 3 is 2.83 bits per heavy atom. The van der Waals surface area contributed by atoms with E-state index in [9.17, 15) is 0 Å². The number of nitrogens with zero attached hydrogens (tertiary/aromatic N) is 3. The zero-order valence-corrected chi connectivity index (χ0v) is 16.1. The van der Waals surface area contributed by atoms with Crippen molar-refractivity contribution in [3.63, 3.8) is 0 Å². The first-order chi connectivity index (χ1) is 11.3. The number of aromatic nitrogens is 1. The molecule has 0 aliphatic rings. The van der Waals surface area contributed by atoms with E-state index in [1.54, 1.807) is 6.26 Å². The second kappa shape index (κ2) is 8.72. The maximum absolute atomic E-state index is 5.87. The molecule has 2 aromatic heterocycles. The summed E-state index contributed by atoms with van der Waals surface area (Å²) in [4.78, 5) is 6.60. The molecule has 1 N–H and O–H groups in total. The summed E-state index contributed by atoms with van der Waals surface area (Å²) in [6, 6.07) is 11.9. The van der Waals surface area contributed by atoms with Crippen LogP contribution in [-0.4, -0.2) is 29.6 Å². The van der Waals surface area contributed by atoms with Gasteiger partial charge in [-0.05, 0) is 19.1 Å². The minimum absolute atomic E-state index is 0. The fraction of sp³-hybridized carbons (Fsp3) is 0.294. The average molecular weight is 440 g/mol. The molecule has 0 aliphatic carbocycles. The molecule has 0 radical (unpaired) electrons. The van der Waals surface area contributed by atoms with Crippen molar-refractivity contribution in [3.8, 4) is 0 Å². The fourth-order valence-corrected chi connectivity index (χ4v) is 2.37. The lowest BCUT2D eigenvalue weighted by Crippen LogP contribution is -2.38. The van der Waals surface area contributed by atoms with Crippen LogP contribution in [0.1, 0.15) is 18.4 Å². The van der Waals surface area contributed by atoms with Gasteiger partial charge >= 0.3 is 0 Å². The molecule has 0 saturated heterocycles. The number of guanidine groups is 1. The van der Waals surface area contributed by atoms with Crippen molar-refractivity contribution >= 4 is 40.9 Å². The molecule has 0 bridgehead atoms. The summed E-state index contributed by atoms with van der Waals surface area (Å²) in [5.41, 5.74) is 1.71. The molecule has 0 atom stereocenters. The number of fused-ring (bicyclic) bond motifs is 1. The maximum Gasteiger partial charge on any atom is 0.194 e. The van der Waals surface area contributed by atoms with Gasteiger partial charge in [-0.2, -0.15) is 0 Å². The van der Waals surface area contributed by atoms with Gasteiger partial charge in [0.1, 0.15) is 23.3 Å². The maximum atomic E-state index is 5.87. The van der Waals surface area contributed by atoms with Crippen molar-refractivity contribution in [1.29, 1.82) is 0 Å². The number of aliphatic imine (C=N–C) groups is 1. The van der Waals surface area contributed by atoms with Crippen LogP contribution in [0.4, 0.5) is 0 Å². The minimum atomic E-state index is 0. The average Bonchev–Trinajstić information content (AvgIpc) is 3.19. The normalized spacial score (nSPS) is 11.3. The van der Waals surface area contributed by atoms with E-state index in [1.165, 1.54) is 0 Å². The van der Waals surface area contributed by atoms with Crippen LogP contribution in [0.25, 0.3) is 11.0 Å². The standard InChI is InChI=1S/C17H20N4O2.HI/c1-3-18-17(19-11-14-8-9-22-20-14)21(2)12-15-10-13-6-4-5-7-16(13)23-15;/h4-10H,3,11-12H2,1-2H3,(H,18,19);1H. The second-order valence-corrected chi connectivity index (χ2v) is 5.27. The highest BCUT2D eigenvalue weighted by Gasteiger charge is 2.10. The number of nitrogens with one attached hydrogen (secondary N) is 1. The van der Waals surface area contributed by atoms with E-state index < -0.39 is 0 Å². The highest BCUT2D eigenvalue weighted by molar-refractivity contribution is 14.0. The van der Waals surface area contributed by atoms with Crippen molar-refractivity contribution in [2.24, 2.45) is 4.99 Å². The van der Waals surface area contributed by atoms with Crippen molar-refractivity contribution in [2.75, 3.05) is 13.6 Å². The molecule has 0 saturated carbocycles. The van der Waals surface area contributed by atoms with E-state index in [1.807, 2.05) is 49.2 Å². The predicted octanol–water partition coefficient (Wildman–Crippen LogP) is 3.64. The van der Waals surface area contributed by atoms with E-state index >= 15 is 0 Å². The van der Waals surface area contributed by atoms with Gasteiger partial charge in [-0.1, -0.05) is 23.4 Å². The Labute approximate surface area is 157 Å². The Hall–Kier alpha value is -2.03. The highest BCUT2D eigenvalue weighted by Crippen LogP contribution is 2.19. The molecule has 7 heteroatoms. The number of para-hydroxylation sites is 1. The molecular weight excluding hydrogens is 419 g/mol. The zero-order valence-electron chi connectivity index (χ0n) is 13.7. The molecule has 24 heavy (non-hydrogen) atoms. The van der Waals surface area contributed by atoms with Crippen LogP contribution in [0, 0.1) is 0 Å². The van der Waals surface area contributed by atoms with Gasteiger partial charge in [0, 0.05) is 25.0 Å². The summed E-state index contributed by atoms with van der Waals surface area (Å²) in [7, 11) is 1.98. The Balaban J connectivity index is 0.00000208. The van der Waals surface area contributed by atoms with E-state index in [-0.39, 0.29) is 24.0 Å². The molecule has 0 spiro atoms. The van der Waals surface area contributed by atoms with Crippen LogP contribution >= 0.6 is 24.0 Å². The van der Waals surface area contributed by atoms with Crippen LogP contribution in [0.5, 0.6) is 0 Å². The van der Waals surface area contributed by atoms with E-state index in [2.05, 4.69) is 21.5 Å². The Bertz CT molecular complexity index is 750. The molecule has 0 aliphatic heterocycles. The predicted molar refractivity (Wildman–Crippen MR) is 104 cm³/mol. The molecule has 6 nitrogen and oxygen atoms in total. The first-order valence-electron chi connectivity index (χ1n) is 7.62. The van der Waals surface area contributed by atoms with Gasteiger partial charge in [-0.3, -0.25) is 0 Å². The first kappa shape index (κ1) is 18.3. The lowest BCUT2D eigenvalue weighted by molar-refractivity contribution is 0.407. The van der Waals surface area contributed by atoms with Crippen molar-refractivity contribution in [1.82, 2.24) is 15.4 Å². The lowest BCUT2D eigenvalue weighted by Gasteiger charge is -2.20. The molecule has 1 aromatic carbocycles. The molecule has 128 valence electrons. The smallest absolute Gasteiger partial charge is 0.194 e. The van der Waals surface area contributed by atoms with Crippen LogP contribution < -0.4 is 5.32 Å². The van der Waals surface area contributed by atoms with Crippen LogP contribution in [0.3, 0.4) is 0 Å². The molecule has 0 unspecified atom stereocenters. The third kappa shape index (κ3) is 4.50. The van der Waals surface area contributed by atoms with Gasteiger partial charge < -0.3 is 19.2 Å². The van der Waals surface area contributed by atoms with Crippen molar-refractivity contribution in [2.45, 2.75) is 20.0 Å². The number of furan rings is 1. The summed E-state index contributed by atoms with van der Waals surface area (Å²) in [5.74, 6) is 1.71. The number of halogens is 1. The van der Waals surface area contributed by atoms with Gasteiger partial charge in [0.15, 0.2) is 5.96 Å². The summed E-state index contributed by atoms with van der Waals surface area (Å²) in [5, 5.41) is 8.26. The van der Waals surface area contributed by atoms with Gasteiger partial charge in [0.25, 0.3) is 0 Å². The van der Waals surface area contributed by atoms with Gasteiger partial charge in [-0.25, -0.2) is 4.99 Å². The van der Waals surface area contributed by atoms with Crippen LogP contribution in [-0.2, 0) is 13.1 Å². The van der Waals surface area contributed by atoms with Gasteiger partial charge in [-0.15, -0.1) is 24.0 Å². The van der Waals surface area contributed by atoms with Crippen LogP contribution in [0.15, 0.2) is 56.6 Å². The monoisotopic (exact) mass is 440 g/mol. The van der Waals surface area contributed by atoms with E-state index in [4.69, 9.17) is 8.94 Å². The summed E-state index contributed by atoms with van der Waals surface area (Å²) < 4.78 is 10.7. The number of hydrogen-bond donors (Lipinski definition) is 1. The lowest BCUT2D eigenvalue weighted by atomic mass is 10.2. The molecule has 0 amide bonds. The van der Waals surface area contributed by atoms with E-state index in [0.717, 1.165) is 34.9 Å². The SMILES string of the molecule is CCNC(=NCc1ccon1)N(C)Cc1cc2ccccc2o1.I. The van der Waals surface area contributed by atoms with Gasteiger partial charge in [0.05, 0.1) is 13.1 Å². The largest absolute Gasteiger partial charge is 0.459 e. The summed E-state index contributed by atoms with van der Waals surface area (Å²) in [6.07, 6.45) is 1.55. The topological polar surface area (TPSA) is 66.8 Å². The Morgan fingerprint density at radius 2 is 2.12 bits per heavy atom. The Kier molecular flexibility index (Phi) is 6.65. The third-order valence-electron chi connectivity index (χ3n) is 3.45. The molecule has 2 heterocycles. The number of rotatable bonds is 5. The highest BCUT2D eigenvalue weighted by atomic mass is 127. The van der Waals surface area contributed by atoms with Crippen molar-refractivity contribution < 1.29 is 8.94 Å². The quantitative estimate of drug-likeness (QED) is 0.373. The summed E-state index contributed by atoms with van der Waals surface area (Å²) >= 11 is 0. The van der Waals surface area contributed by atoms with Crippen molar-refractivity contribution in [3.05, 3.63) is 54.1 Å². The van der Waals surface area contributed by atoms with E-state index in [0.29, 0.717) is 13.1 Å². The van der Waals surface area contributed by atoms with Gasteiger partial charge in [0.2, 0.25) is 0 Å². The molecular formula is C17H21IN4O2. The second-order valence-electron chi connectivity index (χ2n) is 5.27. The minimum Gasteiger partial charge on any atom is -0.459 e. The molecule has 0 fully saturated rings. The zero-order chi connectivity index (χ0) is 16.1. The first-order valence-corrected chi connectivity index (χ1v) is 7.62. The molecule has 3 aromatic rings. The summed E-state index contributed by atoms with van der Waals surface area (Å²) in [6.45, 7) is 3.95. The van der Waals surface area contributed by atoms with Crippen LogP contribution in [0.2, 0.25) is 0 Å². The third-order valence-corrected chi connectivity index (χ3v) is 3.45. The molecule has 3 rings (SSSR count). The fourth-order valence-electron chi connectivity index (χ4n) is 2.37. The number of benzene rings is 1.